The minimum atomic E-state index is -0.895. The largest absolute Gasteiger partial charge is 0.292 e. The lowest BCUT2D eigenvalue weighted by Gasteiger charge is -2.16. The molecule has 0 N–H and O–H groups in total. The zero-order valence-electron chi connectivity index (χ0n) is 13.3. The molecule has 0 aliphatic carbocycles. The molecule has 3 rings (SSSR count). The summed E-state index contributed by atoms with van der Waals surface area (Å²) in [6.07, 6.45) is 0. The van der Waals surface area contributed by atoms with Crippen LogP contribution in [0.15, 0.2) is 42.5 Å². The second-order valence-electron chi connectivity index (χ2n) is 6.26. The molecule has 0 amide bonds. The molecule has 1 heterocycles. The maximum Gasteiger partial charge on any atom is 0.233 e. The molecule has 126 valence electrons. The molecule has 6 heteroatoms. The lowest BCUT2D eigenvalue weighted by atomic mass is 9.93. The zero-order chi connectivity index (χ0) is 17.3. The normalized spacial score (nSPS) is 21.1. The van der Waals surface area contributed by atoms with Crippen LogP contribution in [0.4, 0.5) is 8.78 Å². The minimum absolute atomic E-state index is 0.228. The molecule has 0 aromatic heterocycles. The highest BCUT2D eigenvalue weighted by Gasteiger charge is 2.43. The second-order valence-corrected chi connectivity index (χ2v) is 6.26. The van der Waals surface area contributed by atoms with E-state index in [2.05, 4.69) is 0 Å². The summed E-state index contributed by atoms with van der Waals surface area (Å²) in [5, 5.41) is 11.4. The highest BCUT2D eigenvalue weighted by atomic mass is 19.1. The summed E-state index contributed by atoms with van der Waals surface area (Å²) in [7, 11) is 0. The number of rotatable bonds is 4. The van der Waals surface area contributed by atoms with Crippen molar-refractivity contribution in [1.29, 1.82) is 0 Å². The van der Waals surface area contributed by atoms with E-state index in [1.165, 1.54) is 13.0 Å². The van der Waals surface area contributed by atoms with E-state index in [0.717, 1.165) is 11.6 Å². The van der Waals surface area contributed by atoms with Crippen molar-refractivity contribution in [2.24, 2.45) is 0 Å². The van der Waals surface area contributed by atoms with Crippen LogP contribution in [-0.4, -0.2) is 29.0 Å². The average molecular weight is 332 g/mol. The van der Waals surface area contributed by atoms with E-state index in [-0.39, 0.29) is 17.0 Å². The monoisotopic (exact) mass is 332 g/mol. The maximum atomic E-state index is 14.2. The molecule has 24 heavy (non-hydrogen) atoms. The fourth-order valence-corrected chi connectivity index (χ4v) is 3.32. The molecule has 0 spiro atoms. The first kappa shape index (κ1) is 16.5. The Morgan fingerprint density at radius 2 is 1.88 bits per heavy atom. The standard InChI is InChI=1S/C18H18F2N2O2/c1-12-7-14(17(20)8-16(12)19)15-10-21(11-18(15)22(23)24)9-13-5-3-2-4-6-13/h2-8,15,18H,9-11H2,1H3/t15-,18?/m1/s1. The molecule has 2 aromatic rings. The van der Waals surface area contributed by atoms with Crippen molar-refractivity contribution in [3.63, 3.8) is 0 Å². The van der Waals surface area contributed by atoms with Gasteiger partial charge >= 0.3 is 0 Å². The number of hydrogen-bond donors (Lipinski definition) is 0. The number of hydrogen-bond acceptors (Lipinski definition) is 3. The minimum Gasteiger partial charge on any atom is -0.292 e. The zero-order valence-corrected chi connectivity index (χ0v) is 13.3. The first-order valence-electron chi connectivity index (χ1n) is 7.81. The van der Waals surface area contributed by atoms with Gasteiger partial charge in [-0.3, -0.25) is 15.0 Å². The molecule has 1 aliphatic heterocycles. The van der Waals surface area contributed by atoms with Gasteiger partial charge in [-0.25, -0.2) is 8.78 Å². The highest BCUT2D eigenvalue weighted by molar-refractivity contribution is 5.31. The lowest BCUT2D eigenvalue weighted by molar-refractivity contribution is -0.521. The Kier molecular flexibility index (Phi) is 4.57. The van der Waals surface area contributed by atoms with E-state index in [9.17, 15) is 18.9 Å². The highest BCUT2D eigenvalue weighted by Crippen LogP contribution is 2.33. The van der Waals surface area contributed by atoms with Crippen LogP contribution in [-0.2, 0) is 6.54 Å². The van der Waals surface area contributed by atoms with Crippen molar-refractivity contribution in [2.45, 2.75) is 25.4 Å². The van der Waals surface area contributed by atoms with Gasteiger partial charge in [0.15, 0.2) is 0 Å². The van der Waals surface area contributed by atoms with Crippen molar-refractivity contribution in [3.8, 4) is 0 Å². The summed E-state index contributed by atoms with van der Waals surface area (Å²) >= 11 is 0. The van der Waals surface area contributed by atoms with Gasteiger partial charge in [0.25, 0.3) is 0 Å². The van der Waals surface area contributed by atoms with E-state index in [4.69, 9.17) is 0 Å². The van der Waals surface area contributed by atoms with Gasteiger partial charge < -0.3 is 0 Å². The second kappa shape index (κ2) is 6.65. The van der Waals surface area contributed by atoms with Crippen molar-refractivity contribution in [3.05, 3.63) is 80.9 Å². The van der Waals surface area contributed by atoms with E-state index in [1.54, 1.807) is 0 Å². The number of nitrogens with zero attached hydrogens (tertiary/aromatic N) is 2. The van der Waals surface area contributed by atoms with Crippen LogP contribution in [0, 0.1) is 28.7 Å². The van der Waals surface area contributed by atoms with Crippen LogP contribution >= 0.6 is 0 Å². The number of likely N-dealkylation sites (tertiary alicyclic amines) is 1. The molecular formula is C18H18F2N2O2. The molecule has 1 fully saturated rings. The van der Waals surface area contributed by atoms with Gasteiger partial charge in [-0.1, -0.05) is 30.3 Å². The van der Waals surface area contributed by atoms with Crippen LogP contribution in [0.5, 0.6) is 0 Å². The number of nitro groups is 1. The van der Waals surface area contributed by atoms with Crippen LogP contribution in [0.2, 0.25) is 0 Å². The lowest BCUT2D eigenvalue weighted by Crippen LogP contribution is -2.28. The molecule has 2 atom stereocenters. The molecule has 1 saturated heterocycles. The third kappa shape index (κ3) is 3.28. The van der Waals surface area contributed by atoms with Crippen molar-refractivity contribution < 1.29 is 13.7 Å². The molecule has 4 nitrogen and oxygen atoms in total. The van der Waals surface area contributed by atoms with Crippen LogP contribution in [0.25, 0.3) is 0 Å². The third-order valence-corrected chi connectivity index (χ3v) is 4.56. The maximum absolute atomic E-state index is 14.2. The smallest absolute Gasteiger partial charge is 0.233 e. The number of benzene rings is 2. The summed E-state index contributed by atoms with van der Waals surface area (Å²) in [5.41, 5.74) is 1.58. The van der Waals surface area contributed by atoms with E-state index in [0.29, 0.717) is 18.7 Å². The first-order valence-corrected chi connectivity index (χ1v) is 7.81. The van der Waals surface area contributed by atoms with Gasteiger partial charge in [0.1, 0.15) is 11.6 Å². The number of halogens is 2. The Balaban J connectivity index is 1.86. The van der Waals surface area contributed by atoms with Gasteiger partial charge in [0.2, 0.25) is 6.04 Å². The summed E-state index contributed by atoms with van der Waals surface area (Å²) in [5.74, 6) is -1.92. The number of aryl methyl sites for hydroxylation is 1. The SMILES string of the molecule is Cc1cc([C@H]2CN(Cc3ccccc3)CC2[N+](=O)[O-])c(F)cc1F. The summed E-state index contributed by atoms with van der Waals surface area (Å²) in [4.78, 5) is 13.0. The fraction of sp³-hybridized carbons (Fsp3) is 0.333. The summed E-state index contributed by atoms with van der Waals surface area (Å²) in [6.45, 7) is 2.74. The predicted octanol–water partition coefficient (Wildman–Crippen LogP) is 3.52. The topological polar surface area (TPSA) is 46.4 Å². The van der Waals surface area contributed by atoms with Gasteiger partial charge in [-0.15, -0.1) is 0 Å². The fourth-order valence-electron chi connectivity index (χ4n) is 3.32. The van der Waals surface area contributed by atoms with Crippen LogP contribution in [0.1, 0.15) is 22.6 Å². The third-order valence-electron chi connectivity index (χ3n) is 4.56. The Hall–Kier alpha value is -2.34. The van der Waals surface area contributed by atoms with Gasteiger partial charge in [0, 0.05) is 24.1 Å². The predicted molar refractivity (Wildman–Crippen MR) is 86.3 cm³/mol. The first-order chi connectivity index (χ1) is 11.5. The molecule has 0 bridgehead atoms. The Bertz CT molecular complexity index is 752. The Morgan fingerprint density at radius 3 is 2.54 bits per heavy atom. The Morgan fingerprint density at radius 1 is 1.17 bits per heavy atom. The molecule has 1 unspecified atom stereocenters. The average Bonchev–Trinajstić information content (AvgIpc) is 2.96. The van der Waals surface area contributed by atoms with Gasteiger partial charge in [0.05, 0.1) is 12.5 Å². The Labute approximate surface area is 138 Å². The van der Waals surface area contributed by atoms with Crippen molar-refractivity contribution in [2.75, 3.05) is 13.1 Å². The molecule has 0 radical (unpaired) electrons. The van der Waals surface area contributed by atoms with Crippen molar-refractivity contribution >= 4 is 0 Å². The van der Waals surface area contributed by atoms with E-state index < -0.39 is 23.6 Å². The summed E-state index contributed by atoms with van der Waals surface area (Å²) in [6, 6.07) is 11.0. The van der Waals surface area contributed by atoms with Gasteiger partial charge in [-0.05, 0) is 29.7 Å². The molecule has 0 saturated carbocycles. The molecule has 2 aromatic carbocycles. The van der Waals surface area contributed by atoms with Gasteiger partial charge in [-0.2, -0.15) is 0 Å². The van der Waals surface area contributed by atoms with E-state index in [1.807, 2.05) is 35.2 Å². The van der Waals surface area contributed by atoms with Crippen LogP contribution in [0.3, 0.4) is 0 Å². The summed E-state index contributed by atoms with van der Waals surface area (Å²) < 4.78 is 27.7. The van der Waals surface area contributed by atoms with Crippen molar-refractivity contribution in [1.82, 2.24) is 4.90 Å². The van der Waals surface area contributed by atoms with E-state index >= 15 is 0 Å². The molecule has 1 aliphatic rings. The molecular weight excluding hydrogens is 314 g/mol. The van der Waals surface area contributed by atoms with Crippen LogP contribution < -0.4 is 0 Å². The quantitative estimate of drug-likeness (QED) is 0.636.